The topological polar surface area (TPSA) is 471 Å². The molecule has 4 aromatic carbocycles. The van der Waals surface area contributed by atoms with Crippen molar-refractivity contribution >= 4 is 148 Å². The van der Waals surface area contributed by atoms with Crippen LogP contribution in [0.2, 0.25) is 10.6 Å². The second-order valence-electron chi connectivity index (χ2n) is 14.1. The van der Waals surface area contributed by atoms with Gasteiger partial charge < -0.3 is 31.9 Å². The van der Waals surface area contributed by atoms with Crippen LogP contribution in [0.5, 0.6) is 0 Å². The van der Waals surface area contributed by atoms with Crippen molar-refractivity contribution in [2.45, 2.75) is 19.6 Å². The van der Waals surface area contributed by atoms with Crippen LogP contribution in [0.3, 0.4) is 0 Å². The molecule has 396 valence electrons. The Morgan fingerprint density at radius 3 is 1.07 bits per heavy atom. The summed E-state index contributed by atoms with van der Waals surface area (Å²) in [5.74, 6) is -2.84. The van der Waals surface area contributed by atoms with Crippen molar-refractivity contribution in [1.29, 1.82) is 0 Å². The number of sulfone groups is 2. The Hall–Kier alpha value is -6.59. The molecule has 0 fully saturated rings. The van der Waals surface area contributed by atoms with E-state index in [1.54, 1.807) is 0 Å². The molecule has 6 aromatic rings. The maximum Gasteiger partial charge on any atom is 0.397 e. The number of aromatic nitrogens is 6. The summed E-state index contributed by atoms with van der Waals surface area (Å²) >= 11 is 12.1. The molecular weight excluding hydrogens is 1160 g/mol. The number of nitrogens with zero attached hydrogens (tertiary/aromatic N) is 6. The molecule has 39 heteroatoms. The summed E-state index contributed by atoms with van der Waals surface area (Å²) in [7, 11) is -28.0. The van der Waals surface area contributed by atoms with Crippen LogP contribution < -0.4 is 31.9 Å². The fourth-order valence-electron chi connectivity index (χ4n) is 5.77. The molecule has 0 saturated carbocycles. The predicted molar refractivity (Wildman–Crippen MR) is 260 cm³/mol. The summed E-state index contributed by atoms with van der Waals surface area (Å²) < 4.78 is 189. The van der Waals surface area contributed by atoms with Crippen LogP contribution in [0.1, 0.15) is 0 Å². The Kier molecular flexibility index (Phi) is 17.2. The van der Waals surface area contributed by atoms with Crippen LogP contribution in [0.15, 0.2) is 105 Å². The molecule has 0 unspecified atom stereocenters. The van der Waals surface area contributed by atoms with Gasteiger partial charge >= 0.3 is 26.8 Å². The number of carbonyl (C=O) groups excluding carboxylic acids is 1. The SMILES string of the molecule is O=C(Nc1ccc(Nc2nc(Cl)nc(Nc3ccc(S(=O)(=O)CCOS(=O)(=O)O)cc3)n2)c(S(=O)(=O)O)c1)Nc1ccc(Nc2nc(Cl)nc(Nc3ccc(S(=O)(=O)CCOS(=O)(=O)O)cc3)n2)c(S(=O)(=O)O)c1. The Morgan fingerprint density at radius 1 is 0.446 bits per heavy atom. The van der Waals surface area contributed by atoms with Crippen LogP contribution in [-0.2, 0) is 69.1 Å². The van der Waals surface area contributed by atoms with Crippen molar-refractivity contribution in [2.75, 3.05) is 56.6 Å². The Labute approximate surface area is 428 Å². The molecule has 0 bridgehead atoms. The van der Waals surface area contributed by atoms with Crippen molar-refractivity contribution in [3.8, 4) is 0 Å². The highest BCUT2D eigenvalue weighted by Crippen LogP contribution is 2.31. The smallest absolute Gasteiger partial charge is 0.324 e. The highest BCUT2D eigenvalue weighted by atomic mass is 35.5. The number of hydrogen-bond acceptors (Lipinski definition) is 25. The molecule has 6 rings (SSSR count). The van der Waals surface area contributed by atoms with E-state index in [0.717, 1.165) is 60.7 Å². The van der Waals surface area contributed by atoms with E-state index in [-0.39, 0.29) is 67.7 Å². The van der Waals surface area contributed by atoms with Crippen molar-refractivity contribution in [3.05, 3.63) is 95.5 Å². The van der Waals surface area contributed by atoms with Crippen LogP contribution in [0.4, 0.5) is 62.7 Å². The third kappa shape index (κ3) is 16.7. The van der Waals surface area contributed by atoms with Crippen molar-refractivity contribution in [2.24, 2.45) is 0 Å². The van der Waals surface area contributed by atoms with Gasteiger partial charge in [-0.2, -0.15) is 63.6 Å². The monoisotopic (exact) mass is 1190 g/mol. The molecule has 74 heavy (non-hydrogen) atoms. The molecule has 2 heterocycles. The lowest BCUT2D eigenvalue weighted by molar-refractivity contribution is 0.262. The van der Waals surface area contributed by atoms with Gasteiger partial charge in [0.1, 0.15) is 9.79 Å². The third-order valence-electron chi connectivity index (χ3n) is 8.85. The van der Waals surface area contributed by atoms with Crippen LogP contribution >= 0.6 is 23.2 Å². The lowest BCUT2D eigenvalue weighted by atomic mass is 10.2. The molecular formula is C35H32Cl2N12O19S6. The van der Waals surface area contributed by atoms with Crippen LogP contribution in [-0.4, -0.2) is 129 Å². The van der Waals surface area contributed by atoms with E-state index in [0.29, 0.717) is 0 Å². The van der Waals surface area contributed by atoms with E-state index < -0.39 is 112 Å². The summed E-state index contributed by atoms with van der Waals surface area (Å²) in [4.78, 5) is 34.6. The fourth-order valence-corrected chi connectivity index (χ4v) is 10.4. The number of halogens is 2. The molecule has 0 saturated heterocycles. The minimum Gasteiger partial charge on any atom is -0.324 e. The molecule has 0 spiro atoms. The maximum atomic E-state index is 13.1. The zero-order valence-electron chi connectivity index (χ0n) is 36.2. The molecule has 0 aliphatic rings. The minimum atomic E-state index is -5.08. The van der Waals surface area contributed by atoms with Gasteiger partial charge in [-0.15, -0.1) is 0 Å². The summed E-state index contributed by atoms with van der Waals surface area (Å²) in [5.41, 5.74) is -0.796. The van der Waals surface area contributed by atoms with Crippen LogP contribution in [0.25, 0.3) is 0 Å². The molecule has 0 atom stereocenters. The van der Waals surface area contributed by atoms with E-state index in [4.69, 9.17) is 32.3 Å². The highest BCUT2D eigenvalue weighted by Gasteiger charge is 2.23. The quantitative estimate of drug-likeness (QED) is 0.0433. The zero-order chi connectivity index (χ0) is 54.4. The van der Waals surface area contributed by atoms with Gasteiger partial charge in [0.05, 0.1) is 45.9 Å². The first-order chi connectivity index (χ1) is 34.3. The zero-order valence-corrected chi connectivity index (χ0v) is 42.6. The van der Waals surface area contributed by atoms with Crippen molar-refractivity contribution in [3.63, 3.8) is 0 Å². The first kappa shape index (κ1) is 56.7. The third-order valence-corrected chi connectivity index (χ3v) is 15.3. The van der Waals surface area contributed by atoms with E-state index in [1.165, 1.54) is 24.3 Å². The Balaban J connectivity index is 1.12. The van der Waals surface area contributed by atoms with Gasteiger partial charge in [0.25, 0.3) is 20.2 Å². The highest BCUT2D eigenvalue weighted by molar-refractivity contribution is 7.91. The first-order valence-corrected chi connectivity index (χ1v) is 29.1. The van der Waals surface area contributed by atoms with Crippen LogP contribution in [0, 0.1) is 0 Å². The summed E-state index contributed by atoms with van der Waals surface area (Å²) in [6, 6.07) is 14.7. The lowest BCUT2D eigenvalue weighted by Crippen LogP contribution is -2.20. The minimum absolute atomic E-state index is 0.201. The van der Waals surface area contributed by atoms with Gasteiger partial charge in [-0.3, -0.25) is 18.2 Å². The van der Waals surface area contributed by atoms with E-state index >= 15 is 0 Å². The molecule has 10 N–H and O–H groups in total. The van der Waals surface area contributed by atoms with Gasteiger partial charge in [-0.1, -0.05) is 0 Å². The van der Waals surface area contributed by atoms with Gasteiger partial charge in [0, 0.05) is 22.7 Å². The average Bonchev–Trinajstić information content (AvgIpc) is 3.25. The number of rotatable bonds is 22. The molecule has 0 aliphatic carbocycles. The Bertz CT molecular complexity index is 3580. The number of anilines is 10. The van der Waals surface area contributed by atoms with Crippen molar-refractivity contribution < 1.29 is 81.9 Å². The second kappa shape index (κ2) is 22.5. The second-order valence-corrected chi connectivity index (χ2v) is 24.0. The lowest BCUT2D eigenvalue weighted by Gasteiger charge is -2.14. The number of benzene rings is 4. The number of hydrogen-bond donors (Lipinski definition) is 10. The maximum absolute atomic E-state index is 13.1. The normalized spacial score (nSPS) is 12.4. The molecule has 2 amide bonds. The first-order valence-electron chi connectivity index (χ1n) is 19.4. The summed E-state index contributed by atoms with van der Waals surface area (Å²) in [5, 5.41) is 14.3. The fraction of sp³-hybridized carbons (Fsp3) is 0.114. The van der Waals surface area contributed by atoms with E-state index in [9.17, 15) is 64.4 Å². The molecule has 2 aromatic heterocycles. The standard InChI is InChI=1S/C35H32Cl2N12O19S6/c36-29-44-31(38-19-1-7-23(8-2-19)69(51,52)15-13-67-73(61,62)63)48-33(46-29)42-25-11-5-21(17-27(25)71(55,56)57)40-35(50)41-22-6-12-26(28(18-22)72(58,59)60)43-34-47-30(37)45-32(49-34)39-20-3-9-24(10-4-20)70(53,54)16-14-68-74(64,65)66/h1-12,17-18H,13-16H2,(H2,40,41,50)(H,55,56,57)(H,58,59,60)(H,61,62,63)(H,64,65,66)(H2,38,42,44,46,48)(H2,39,43,45,47,49). The summed E-state index contributed by atoms with van der Waals surface area (Å²) in [6.07, 6.45) is 0. The van der Waals surface area contributed by atoms with Gasteiger partial charge in [-0.05, 0) is 108 Å². The Morgan fingerprint density at radius 2 is 0.757 bits per heavy atom. The predicted octanol–water partition coefficient (Wildman–Crippen LogP) is 3.66. The summed E-state index contributed by atoms with van der Waals surface area (Å²) in [6.45, 7) is -1.70. The average molecular weight is 1190 g/mol. The van der Waals surface area contributed by atoms with Gasteiger partial charge in [0.15, 0.2) is 19.7 Å². The van der Waals surface area contributed by atoms with Crippen molar-refractivity contribution in [1.82, 2.24) is 29.9 Å². The number of carbonyl (C=O) groups is 1. The van der Waals surface area contributed by atoms with Gasteiger partial charge in [0.2, 0.25) is 34.4 Å². The van der Waals surface area contributed by atoms with E-state index in [2.05, 4.69) is 70.2 Å². The molecule has 0 aliphatic heterocycles. The molecule has 0 radical (unpaired) electrons. The van der Waals surface area contributed by atoms with E-state index in [1.807, 2.05) is 0 Å². The number of nitrogens with one attached hydrogen (secondary N) is 6. The number of amides is 2. The largest absolute Gasteiger partial charge is 0.397 e. The van der Waals surface area contributed by atoms with Gasteiger partial charge in [-0.25, -0.2) is 30.0 Å². The number of urea groups is 1. The molecule has 31 nitrogen and oxygen atoms in total.